The van der Waals surface area contributed by atoms with E-state index in [1.54, 1.807) is 17.0 Å². The highest BCUT2D eigenvalue weighted by Gasteiger charge is 2.31. The summed E-state index contributed by atoms with van der Waals surface area (Å²) in [6.45, 7) is 1.22. The van der Waals surface area contributed by atoms with Crippen LogP contribution in [-0.2, 0) is 16.0 Å². The fourth-order valence-corrected chi connectivity index (χ4v) is 3.11. The van der Waals surface area contributed by atoms with Crippen LogP contribution in [0, 0.1) is 11.7 Å². The SMILES string of the molecule is O=C(NCCc1ccccc1)[C@@H]1CCN(C(=O)COc2ccccc2F)C1. The van der Waals surface area contributed by atoms with E-state index in [-0.39, 0.29) is 30.1 Å². The fraction of sp³-hybridized carbons (Fsp3) is 0.333. The molecule has 5 nitrogen and oxygen atoms in total. The number of amides is 2. The zero-order chi connectivity index (χ0) is 19.1. The van der Waals surface area contributed by atoms with Gasteiger partial charge in [0.2, 0.25) is 5.91 Å². The van der Waals surface area contributed by atoms with Gasteiger partial charge < -0.3 is 15.0 Å². The minimum absolute atomic E-state index is 0.0312. The van der Waals surface area contributed by atoms with Gasteiger partial charge in [-0.3, -0.25) is 9.59 Å². The second-order valence-electron chi connectivity index (χ2n) is 6.57. The normalized spacial score (nSPS) is 16.2. The van der Waals surface area contributed by atoms with E-state index in [1.807, 2.05) is 30.3 Å². The number of hydrogen-bond donors (Lipinski definition) is 1. The first-order valence-corrected chi connectivity index (χ1v) is 9.10. The Morgan fingerprint density at radius 1 is 1.11 bits per heavy atom. The molecule has 1 saturated heterocycles. The van der Waals surface area contributed by atoms with Gasteiger partial charge in [0.15, 0.2) is 18.2 Å². The summed E-state index contributed by atoms with van der Waals surface area (Å²) < 4.78 is 18.8. The van der Waals surface area contributed by atoms with Crippen LogP contribution >= 0.6 is 0 Å². The van der Waals surface area contributed by atoms with Crippen molar-refractivity contribution in [3.8, 4) is 5.75 Å². The second-order valence-corrected chi connectivity index (χ2v) is 6.57. The number of likely N-dealkylation sites (tertiary alicyclic amines) is 1. The van der Waals surface area contributed by atoms with Crippen molar-refractivity contribution >= 4 is 11.8 Å². The number of para-hydroxylation sites is 1. The molecule has 1 heterocycles. The molecule has 0 aliphatic carbocycles. The van der Waals surface area contributed by atoms with E-state index in [0.717, 1.165) is 6.42 Å². The Balaban J connectivity index is 1.40. The summed E-state index contributed by atoms with van der Waals surface area (Å²) in [5.41, 5.74) is 1.17. The Morgan fingerprint density at radius 3 is 2.63 bits per heavy atom. The Morgan fingerprint density at radius 2 is 1.85 bits per heavy atom. The van der Waals surface area contributed by atoms with Gasteiger partial charge in [-0.2, -0.15) is 0 Å². The largest absolute Gasteiger partial charge is 0.481 e. The highest BCUT2D eigenvalue weighted by molar-refractivity contribution is 5.82. The van der Waals surface area contributed by atoms with Gasteiger partial charge in [0.1, 0.15) is 0 Å². The van der Waals surface area contributed by atoms with Crippen molar-refractivity contribution in [1.82, 2.24) is 10.2 Å². The summed E-state index contributed by atoms with van der Waals surface area (Å²) in [6, 6.07) is 15.9. The third kappa shape index (κ3) is 5.29. The van der Waals surface area contributed by atoms with Gasteiger partial charge in [-0.25, -0.2) is 4.39 Å². The molecule has 2 aromatic rings. The molecule has 0 aromatic heterocycles. The molecule has 1 atom stereocenters. The number of halogens is 1. The topological polar surface area (TPSA) is 58.6 Å². The van der Waals surface area contributed by atoms with Crippen LogP contribution in [-0.4, -0.2) is 43.0 Å². The number of hydrogen-bond acceptors (Lipinski definition) is 3. The molecule has 142 valence electrons. The molecule has 3 rings (SSSR count). The van der Waals surface area contributed by atoms with Crippen LogP contribution in [0.15, 0.2) is 54.6 Å². The highest BCUT2D eigenvalue weighted by atomic mass is 19.1. The van der Waals surface area contributed by atoms with Gasteiger partial charge in [-0.05, 0) is 30.5 Å². The highest BCUT2D eigenvalue weighted by Crippen LogP contribution is 2.18. The number of carbonyl (C=O) groups is 2. The second kappa shape index (κ2) is 9.16. The molecule has 2 amide bonds. The van der Waals surface area contributed by atoms with Gasteiger partial charge in [-0.1, -0.05) is 42.5 Å². The van der Waals surface area contributed by atoms with Crippen molar-refractivity contribution in [2.24, 2.45) is 5.92 Å². The van der Waals surface area contributed by atoms with Gasteiger partial charge in [0.25, 0.3) is 5.91 Å². The maximum absolute atomic E-state index is 13.5. The standard InChI is InChI=1S/C21H23FN2O3/c22-18-8-4-5-9-19(18)27-15-20(25)24-13-11-17(14-24)21(26)23-12-10-16-6-2-1-3-7-16/h1-9,17H,10-15H2,(H,23,26)/t17-/m1/s1. The first-order chi connectivity index (χ1) is 13.1. The van der Waals surface area contributed by atoms with Crippen LogP contribution in [0.25, 0.3) is 0 Å². The van der Waals surface area contributed by atoms with Crippen molar-refractivity contribution in [2.75, 3.05) is 26.2 Å². The molecule has 1 aliphatic rings. The first kappa shape index (κ1) is 18.9. The average molecular weight is 370 g/mol. The fourth-order valence-electron chi connectivity index (χ4n) is 3.11. The molecule has 27 heavy (non-hydrogen) atoms. The van der Waals surface area contributed by atoms with E-state index in [2.05, 4.69) is 5.32 Å². The van der Waals surface area contributed by atoms with E-state index in [4.69, 9.17) is 4.74 Å². The predicted molar refractivity (Wildman–Crippen MR) is 99.7 cm³/mol. The van der Waals surface area contributed by atoms with Gasteiger partial charge >= 0.3 is 0 Å². The number of rotatable bonds is 7. The van der Waals surface area contributed by atoms with E-state index < -0.39 is 5.82 Å². The smallest absolute Gasteiger partial charge is 0.260 e. The molecule has 1 N–H and O–H groups in total. The quantitative estimate of drug-likeness (QED) is 0.814. The van der Waals surface area contributed by atoms with Crippen LogP contribution in [0.3, 0.4) is 0 Å². The van der Waals surface area contributed by atoms with Crippen LogP contribution in [0.5, 0.6) is 5.75 Å². The van der Waals surface area contributed by atoms with Crippen molar-refractivity contribution in [2.45, 2.75) is 12.8 Å². The van der Waals surface area contributed by atoms with Crippen LogP contribution < -0.4 is 10.1 Å². The number of benzene rings is 2. The van der Waals surface area contributed by atoms with Gasteiger partial charge in [-0.15, -0.1) is 0 Å². The average Bonchev–Trinajstić information content (AvgIpc) is 3.18. The van der Waals surface area contributed by atoms with Gasteiger partial charge in [0.05, 0.1) is 5.92 Å². The molecule has 0 saturated carbocycles. The molecular weight excluding hydrogens is 347 g/mol. The van der Waals surface area contributed by atoms with E-state index in [9.17, 15) is 14.0 Å². The predicted octanol–water partition coefficient (Wildman–Crippen LogP) is 2.41. The molecule has 0 spiro atoms. The molecule has 0 radical (unpaired) electrons. The Hall–Kier alpha value is -2.89. The van der Waals surface area contributed by atoms with E-state index >= 15 is 0 Å². The summed E-state index contributed by atoms with van der Waals surface area (Å²) in [7, 11) is 0. The third-order valence-electron chi connectivity index (χ3n) is 4.66. The Kier molecular flexibility index (Phi) is 6.41. The molecule has 0 unspecified atom stereocenters. The molecular formula is C21H23FN2O3. The van der Waals surface area contributed by atoms with Crippen molar-refractivity contribution in [3.63, 3.8) is 0 Å². The molecule has 6 heteroatoms. The maximum atomic E-state index is 13.5. The molecule has 1 fully saturated rings. The zero-order valence-electron chi connectivity index (χ0n) is 15.1. The van der Waals surface area contributed by atoms with Crippen molar-refractivity contribution in [1.29, 1.82) is 0 Å². The van der Waals surface area contributed by atoms with E-state index in [0.29, 0.717) is 26.1 Å². The summed E-state index contributed by atoms with van der Waals surface area (Å²) in [5.74, 6) is -0.921. The molecule has 1 aliphatic heterocycles. The number of ether oxygens (including phenoxy) is 1. The van der Waals surface area contributed by atoms with Crippen molar-refractivity contribution < 1.29 is 18.7 Å². The Labute approximate surface area is 158 Å². The Bertz CT molecular complexity index is 782. The lowest BCUT2D eigenvalue weighted by Gasteiger charge is -2.17. The van der Waals surface area contributed by atoms with E-state index in [1.165, 1.54) is 17.7 Å². The minimum atomic E-state index is -0.498. The summed E-state index contributed by atoms with van der Waals surface area (Å²) >= 11 is 0. The summed E-state index contributed by atoms with van der Waals surface area (Å²) in [6.07, 6.45) is 1.40. The summed E-state index contributed by atoms with van der Waals surface area (Å²) in [5, 5.41) is 2.94. The summed E-state index contributed by atoms with van der Waals surface area (Å²) in [4.78, 5) is 26.1. The zero-order valence-corrected chi connectivity index (χ0v) is 15.1. The van der Waals surface area contributed by atoms with Crippen molar-refractivity contribution in [3.05, 3.63) is 66.0 Å². The number of nitrogens with zero attached hydrogens (tertiary/aromatic N) is 1. The number of nitrogens with one attached hydrogen (secondary N) is 1. The first-order valence-electron chi connectivity index (χ1n) is 9.10. The lowest BCUT2D eigenvalue weighted by Crippen LogP contribution is -2.37. The van der Waals surface area contributed by atoms with Crippen LogP contribution in [0.1, 0.15) is 12.0 Å². The van der Waals surface area contributed by atoms with Gasteiger partial charge in [0, 0.05) is 19.6 Å². The number of carbonyl (C=O) groups excluding carboxylic acids is 2. The maximum Gasteiger partial charge on any atom is 0.260 e. The lowest BCUT2D eigenvalue weighted by atomic mass is 10.1. The third-order valence-corrected chi connectivity index (χ3v) is 4.66. The monoisotopic (exact) mass is 370 g/mol. The van der Waals surface area contributed by atoms with Crippen LogP contribution in [0.2, 0.25) is 0 Å². The molecule has 0 bridgehead atoms. The lowest BCUT2D eigenvalue weighted by molar-refractivity contribution is -0.132. The molecule has 2 aromatic carbocycles. The minimum Gasteiger partial charge on any atom is -0.481 e. The van der Waals surface area contributed by atoms with Crippen LogP contribution in [0.4, 0.5) is 4.39 Å².